The minimum atomic E-state index is -0.666. The first-order chi connectivity index (χ1) is 10.1. The summed E-state index contributed by atoms with van der Waals surface area (Å²) in [5, 5.41) is 17.4. The molecule has 21 heavy (non-hydrogen) atoms. The predicted octanol–water partition coefficient (Wildman–Crippen LogP) is 1.92. The quantitative estimate of drug-likeness (QED) is 0.701. The molecule has 0 radical (unpaired) electrons. The van der Waals surface area contributed by atoms with E-state index in [4.69, 9.17) is 0 Å². The van der Waals surface area contributed by atoms with Gasteiger partial charge in [0.1, 0.15) is 0 Å². The molecule has 1 aliphatic carbocycles. The van der Waals surface area contributed by atoms with Crippen molar-refractivity contribution in [2.45, 2.75) is 62.7 Å². The molecule has 4 nitrogen and oxygen atoms in total. The lowest BCUT2D eigenvalue weighted by atomic mass is 9.78. The summed E-state index contributed by atoms with van der Waals surface area (Å²) in [6, 6.07) is 0. The van der Waals surface area contributed by atoms with E-state index in [9.17, 15) is 9.90 Å². The SMILES string of the molecule is CCC1CCC(O)(CNC(=O)CSC2CCNCC2)CC1. The summed E-state index contributed by atoms with van der Waals surface area (Å²) in [5.74, 6) is 1.36. The fraction of sp³-hybridized carbons (Fsp3) is 0.938. The highest BCUT2D eigenvalue weighted by Crippen LogP contribution is 2.33. The van der Waals surface area contributed by atoms with Crippen LogP contribution in [-0.2, 0) is 4.79 Å². The first kappa shape index (κ1) is 17.1. The van der Waals surface area contributed by atoms with Crippen molar-refractivity contribution < 1.29 is 9.90 Å². The summed E-state index contributed by atoms with van der Waals surface area (Å²) >= 11 is 1.76. The Morgan fingerprint density at radius 1 is 1.29 bits per heavy atom. The smallest absolute Gasteiger partial charge is 0.230 e. The molecule has 1 saturated carbocycles. The molecule has 0 aromatic carbocycles. The van der Waals surface area contributed by atoms with Crippen LogP contribution in [0.1, 0.15) is 51.9 Å². The van der Waals surface area contributed by atoms with Crippen molar-refractivity contribution >= 4 is 17.7 Å². The molecule has 0 unspecified atom stereocenters. The largest absolute Gasteiger partial charge is 0.388 e. The normalized spacial score (nSPS) is 31.0. The molecular weight excluding hydrogens is 284 g/mol. The van der Waals surface area contributed by atoms with Crippen LogP contribution in [0.2, 0.25) is 0 Å². The topological polar surface area (TPSA) is 61.4 Å². The maximum absolute atomic E-state index is 11.9. The minimum absolute atomic E-state index is 0.0737. The van der Waals surface area contributed by atoms with Crippen molar-refractivity contribution in [3.8, 4) is 0 Å². The number of thioether (sulfide) groups is 1. The minimum Gasteiger partial charge on any atom is -0.388 e. The Hall–Kier alpha value is -0.260. The fourth-order valence-corrected chi connectivity index (χ4v) is 4.33. The van der Waals surface area contributed by atoms with Crippen LogP contribution in [0, 0.1) is 5.92 Å². The second kappa shape index (κ2) is 8.39. The molecule has 2 rings (SSSR count). The van der Waals surface area contributed by atoms with E-state index in [2.05, 4.69) is 17.6 Å². The number of rotatable bonds is 6. The van der Waals surface area contributed by atoms with E-state index >= 15 is 0 Å². The van der Waals surface area contributed by atoms with Crippen molar-refractivity contribution in [1.82, 2.24) is 10.6 Å². The second-order valence-corrected chi connectivity index (χ2v) is 7.90. The highest BCUT2D eigenvalue weighted by molar-refractivity contribution is 8.00. The standard InChI is InChI=1S/C16H30N2O2S/c1-2-13-3-7-16(20,8-4-13)12-18-15(19)11-21-14-5-9-17-10-6-14/h13-14,17,20H,2-12H2,1H3,(H,18,19). The summed E-state index contributed by atoms with van der Waals surface area (Å²) in [6.45, 7) is 4.78. The molecule has 122 valence electrons. The van der Waals surface area contributed by atoms with Gasteiger partial charge >= 0.3 is 0 Å². The third kappa shape index (κ3) is 5.80. The van der Waals surface area contributed by atoms with Gasteiger partial charge in [-0.05, 0) is 57.5 Å². The number of aliphatic hydroxyl groups is 1. The molecule has 1 aliphatic heterocycles. The van der Waals surface area contributed by atoms with Gasteiger partial charge in [0.2, 0.25) is 5.91 Å². The third-order valence-electron chi connectivity index (χ3n) is 4.96. The van der Waals surface area contributed by atoms with Crippen LogP contribution in [0.3, 0.4) is 0 Å². The number of nitrogens with one attached hydrogen (secondary N) is 2. The van der Waals surface area contributed by atoms with Gasteiger partial charge < -0.3 is 15.7 Å². The highest BCUT2D eigenvalue weighted by Gasteiger charge is 2.32. The Labute approximate surface area is 132 Å². The van der Waals surface area contributed by atoms with Gasteiger partial charge in [-0.2, -0.15) is 0 Å². The molecular formula is C16H30N2O2S. The van der Waals surface area contributed by atoms with E-state index in [1.54, 1.807) is 11.8 Å². The molecule has 0 aromatic rings. The zero-order chi connectivity index (χ0) is 15.1. The van der Waals surface area contributed by atoms with Crippen LogP contribution in [-0.4, -0.2) is 47.3 Å². The fourth-order valence-electron chi connectivity index (χ4n) is 3.27. The lowest BCUT2D eigenvalue weighted by molar-refractivity contribution is -0.120. The van der Waals surface area contributed by atoms with Crippen molar-refractivity contribution in [1.29, 1.82) is 0 Å². The predicted molar refractivity (Wildman–Crippen MR) is 88.6 cm³/mol. The summed E-state index contributed by atoms with van der Waals surface area (Å²) in [4.78, 5) is 11.9. The third-order valence-corrected chi connectivity index (χ3v) is 6.34. The van der Waals surface area contributed by atoms with E-state index in [0.717, 1.165) is 57.5 Å². The Balaban J connectivity index is 1.61. The first-order valence-electron chi connectivity index (χ1n) is 8.43. The number of hydrogen-bond acceptors (Lipinski definition) is 4. The van der Waals surface area contributed by atoms with Gasteiger partial charge in [-0.1, -0.05) is 13.3 Å². The lowest BCUT2D eigenvalue weighted by Gasteiger charge is -2.35. The maximum Gasteiger partial charge on any atom is 0.230 e. The van der Waals surface area contributed by atoms with Gasteiger partial charge in [0.15, 0.2) is 0 Å². The van der Waals surface area contributed by atoms with E-state index < -0.39 is 5.60 Å². The number of hydrogen-bond donors (Lipinski definition) is 3. The van der Waals surface area contributed by atoms with E-state index in [-0.39, 0.29) is 5.91 Å². The van der Waals surface area contributed by atoms with Gasteiger partial charge in [-0.25, -0.2) is 0 Å². The van der Waals surface area contributed by atoms with Crippen molar-refractivity contribution in [3.05, 3.63) is 0 Å². The molecule has 0 aromatic heterocycles. The summed E-state index contributed by atoms with van der Waals surface area (Å²) in [6.07, 6.45) is 7.34. The van der Waals surface area contributed by atoms with Crippen molar-refractivity contribution in [2.75, 3.05) is 25.4 Å². The Kier molecular flexibility index (Phi) is 6.83. The summed E-state index contributed by atoms with van der Waals surface area (Å²) in [5.41, 5.74) is -0.666. The number of piperidine rings is 1. The second-order valence-electron chi connectivity index (χ2n) is 6.61. The Morgan fingerprint density at radius 2 is 1.95 bits per heavy atom. The molecule has 5 heteroatoms. The molecule has 0 spiro atoms. The molecule has 1 amide bonds. The van der Waals surface area contributed by atoms with E-state index in [1.807, 2.05) is 0 Å². The van der Waals surface area contributed by atoms with Crippen molar-refractivity contribution in [2.24, 2.45) is 5.92 Å². The Bertz CT molecular complexity index is 324. The van der Waals surface area contributed by atoms with Gasteiger partial charge in [0.05, 0.1) is 11.4 Å². The van der Waals surface area contributed by atoms with Crippen LogP contribution in [0.15, 0.2) is 0 Å². The highest BCUT2D eigenvalue weighted by atomic mass is 32.2. The molecule has 1 saturated heterocycles. The van der Waals surface area contributed by atoms with E-state index in [0.29, 0.717) is 17.5 Å². The van der Waals surface area contributed by atoms with Crippen LogP contribution >= 0.6 is 11.8 Å². The van der Waals surface area contributed by atoms with Crippen LogP contribution in [0.25, 0.3) is 0 Å². The van der Waals surface area contributed by atoms with Gasteiger partial charge in [-0.3, -0.25) is 4.79 Å². The summed E-state index contributed by atoms with van der Waals surface area (Å²) < 4.78 is 0. The zero-order valence-corrected chi connectivity index (χ0v) is 14.0. The zero-order valence-electron chi connectivity index (χ0n) is 13.2. The van der Waals surface area contributed by atoms with E-state index in [1.165, 1.54) is 6.42 Å². The van der Waals surface area contributed by atoms with Crippen molar-refractivity contribution in [3.63, 3.8) is 0 Å². The van der Waals surface area contributed by atoms with Crippen LogP contribution < -0.4 is 10.6 Å². The van der Waals surface area contributed by atoms with Gasteiger partial charge in [0.25, 0.3) is 0 Å². The average molecular weight is 314 g/mol. The van der Waals surface area contributed by atoms with Gasteiger partial charge in [-0.15, -0.1) is 11.8 Å². The van der Waals surface area contributed by atoms with Crippen LogP contribution in [0.5, 0.6) is 0 Å². The average Bonchev–Trinajstić information content (AvgIpc) is 2.53. The molecule has 0 atom stereocenters. The summed E-state index contributed by atoms with van der Waals surface area (Å²) in [7, 11) is 0. The number of carbonyl (C=O) groups is 1. The molecule has 0 bridgehead atoms. The monoisotopic (exact) mass is 314 g/mol. The maximum atomic E-state index is 11.9. The van der Waals surface area contributed by atoms with Crippen LogP contribution in [0.4, 0.5) is 0 Å². The number of carbonyl (C=O) groups excluding carboxylic acids is 1. The van der Waals surface area contributed by atoms with Gasteiger partial charge in [0, 0.05) is 11.8 Å². The Morgan fingerprint density at radius 3 is 2.57 bits per heavy atom. The molecule has 3 N–H and O–H groups in total. The molecule has 2 aliphatic rings. The molecule has 2 fully saturated rings. The molecule has 1 heterocycles. The number of amides is 1. The first-order valence-corrected chi connectivity index (χ1v) is 9.47. The lowest BCUT2D eigenvalue weighted by Crippen LogP contribution is -2.46.